The lowest BCUT2D eigenvalue weighted by molar-refractivity contribution is 0.0722. The standard InChI is InChI=1S/C18H22FN3O2/c1-13-11-17(14-5-3-4-6-15(14)19)22(12-13)18(23)16-7-8-21(20-16)9-10-24-2/h3-8,13,17H,9-12H2,1-2H3/t13-,17-/m0/s1. The summed E-state index contributed by atoms with van der Waals surface area (Å²) in [5, 5.41) is 4.32. The van der Waals surface area contributed by atoms with Crippen LogP contribution in [0.25, 0.3) is 0 Å². The van der Waals surface area contributed by atoms with E-state index in [1.54, 1.807) is 41.1 Å². The first kappa shape index (κ1) is 16.6. The molecule has 5 nitrogen and oxygen atoms in total. The van der Waals surface area contributed by atoms with Gasteiger partial charge in [-0.05, 0) is 24.5 Å². The van der Waals surface area contributed by atoms with E-state index in [4.69, 9.17) is 4.74 Å². The van der Waals surface area contributed by atoms with Crippen LogP contribution in [0, 0.1) is 11.7 Å². The Kier molecular flexibility index (Phi) is 4.94. The van der Waals surface area contributed by atoms with E-state index in [0.29, 0.717) is 36.9 Å². The Morgan fingerprint density at radius 3 is 2.92 bits per heavy atom. The van der Waals surface area contributed by atoms with E-state index in [2.05, 4.69) is 12.0 Å². The lowest BCUT2D eigenvalue weighted by Gasteiger charge is -2.24. The number of benzene rings is 1. The summed E-state index contributed by atoms with van der Waals surface area (Å²) in [5.74, 6) is -0.0853. The molecule has 1 amide bonds. The fourth-order valence-corrected chi connectivity index (χ4v) is 3.24. The molecule has 1 saturated heterocycles. The SMILES string of the molecule is COCCn1ccc(C(=O)N2C[C@@H](C)C[C@H]2c2ccccc2F)n1. The average molecular weight is 331 g/mol. The normalized spacial score (nSPS) is 20.5. The van der Waals surface area contributed by atoms with E-state index < -0.39 is 0 Å². The molecule has 0 bridgehead atoms. The summed E-state index contributed by atoms with van der Waals surface area (Å²) >= 11 is 0. The minimum absolute atomic E-state index is 0.149. The Bertz CT molecular complexity index is 716. The molecule has 0 unspecified atom stereocenters. The van der Waals surface area contributed by atoms with Gasteiger partial charge in [-0.2, -0.15) is 5.10 Å². The Balaban J connectivity index is 1.82. The van der Waals surface area contributed by atoms with Crippen LogP contribution in [-0.2, 0) is 11.3 Å². The topological polar surface area (TPSA) is 47.4 Å². The highest BCUT2D eigenvalue weighted by atomic mass is 19.1. The molecule has 1 aliphatic rings. The quantitative estimate of drug-likeness (QED) is 0.846. The molecule has 2 heterocycles. The number of nitrogens with zero attached hydrogens (tertiary/aromatic N) is 3. The first-order valence-corrected chi connectivity index (χ1v) is 8.18. The molecule has 1 fully saturated rings. The lowest BCUT2D eigenvalue weighted by Crippen LogP contribution is -2.32. The molecule has 0 radical (unpaired) electrons. The number of hydrogen-bond acceptors (Lipinski definition) is 3. The van der Waals surface area contributed by atoms with Crippen molar-refractivity contribution in [2.24, 2.45) is 5.92 Å². The number of rotatable bonds is 5. The highest BCUT2D eigenvalue weighted by molar-refractivity contribution is 5.92. The Morgan fingerprint density at radius 1 is 1.38 bits per heavy atom. The fraction of sp³-hybridized carbons (Fsp3) is 0.444. The number of hydrogen-bond donors (Lipinski definition) is 0. The zero-order valence-corrected chi connectivity index (χ0v) is 14.0. The van der Waals surface area contributed by atoms with E-state index >= 15 is 0 Å². The number of amides is 1. The van der Waals surface area contributed by atoms with Crippen molar-refractivity contribution < 1.29 is 13.9 Å². The highest BCUT2D eigenvalue weighted by Gasteiger charge is 2.36. The Labute approximate surface area is 141 Å². The number of likely N-dealkylation sites (tertiary alicyclic amines) is 1. The maximum atomic E-state index is 14.2. The third kappa shape index (κ3) is 3.33. The number of carbonyl (C=O) groups excluding carboxylic acids is 1. The van der Waals surface area contributed by atoms with Crippen LogP contribution in [0.1, 0.15) is 35.4 Å². The summed E-state index contributed by atoms with van der Waals surface area (Å²) in [6.45, 7) is 3.83. The molecule has 2 atom stereocenters. The van der Waals surface area contributed by atoms with Gasteiger partial charge in [-0.3, -0.25) is 9.48 Å². The third-order valence-electron chi connectivity index (χ3n) is 4.42. The van der Waals surface area contributed by atoms with Crippen LogP contribution >= 0.6 is 0 Å². The van der Waals surface area contributed by atoms with E-state index in [9.17, 15) is 9.18 Å². The number of carbonyl (C=O) groups is 1. The van der Waals surface area contributed by atoms with Crippen LogP contribution in [0.3, 0.4) is 0 Å². The predicted molar refractivity (Wildman–Crippen MR) is 88.1 cm³/mol. The zero-order chi connectivity index (χ0) is 17.1. The second-order valence-electron chi connectivity index (χ2n) is 6.29. The monoisotopic (exact) mass is 331 g/mol. The van der Waals surface area contributed by atoms with Gasteiger partial charge in [0.25, 0.3) is 5.91 Å². The lowest BCUT2D eigenvalue weighted by atomic mass is 10.0. The van der Waals surface area contributed by atoms with Crippen LogP contribution in [0.4, 0.5) is 4.39 Å². The summed E-state index contributed by atoms with van der Waals surface area (Å²) in [5.41, 5.74) is 0.968. The maximum Gasteiger partial charge on any atom is 0.274 e. The minimum Gasteiger partial charge on any atom is -0.383 e. The van der Waals surface area contributed by atoms with Crippen molar-refractivity contribution in [2.75, 3.05) is 20.3 Å². The molecule has 1 aliphatic heterocycles. The van der Waals surface area contributed by atoms with Crippen molar-refractivity contribution in [1.82, 2.24) is 14.7 Å². The van der Waals surface area contributed by atoms with Gasteiger partial charge >= 0.3 is 0 Å². The highest BCUT2D eigenvalue weighted by Crippen LogP contribution is 2.37. The number of halogens is 1. The molecule has 128 valence electrons. The fourth-order valence-electron chi connectivity index (χ4n) is 3.24. The molecular weight excluding hydrogens is 309 g/mol. The van der Waals surface area contributed by atoms with Crippen molar-refractivity contribution in [2.45, 2.75) is 25.9 Å². The van der Waals surface area contributed by atoms with Crippen LogP contribution in [0.5, 0.6) is 0 Å². The summed E-state index contributed by atoms with van der Waals surface area (Å²) in [6.07, 6.45) is 2.53. The minimum atomic E-state index is -0.264. The molecule has 2 aromatic rings. The number of ether oxygens (including phenoxy) is 1. The van der Waals surface area contributed by atoms with Crippen molar-refractivity contribution in [3.8, 4) is 0 Å². The molecule has 0 saturated carbocycles. The third-order valence-corrected chi connectivity index (χ3v) is 4.42. The van der Waals surface area contributed by atoms with Crippen molar-refractivity contribution in [3.63, 3.8) is 0 Å². The van der Waals surface area contributed by atoms with Gasteiger partial charge in [0, 0.05) is 25.4 Å². The molecule has 0 N–H and O–H groups in total. The van der Waals surface area contributed by atoms with Gasteiger partial charge in [0.1, 0.15) is 11.5 Å². The molecular formula is C18H22FN3O2. The largest absolute Gasteiger partial charge is 0.383 e. The summed E-state index contributed by atoms with van der Waals surface area (Å²) in [4.78, 5) is 14.6. The smallest absolute Gasteiger partial charge is 0.274 e. The van der Waals surface area contributed by atoms with Gasteiger partial charge in [-0.25, -0.2) is 4.39 Å². The molecule has 24 heavy (non-hydrogen) atoms. The van der Waals surface area contributed by atoms with Gasteiger partial charge in [-0.1, -0.05) is 25.1 Å². The van der Waals surface area contributed by atoms with E-state index in [-0.39, 0.29) is 17.8 Å². The predicted octanol–water partition coefficient (Wildman–Crippen LogP) is 2.89. The van der Waals surface area contributed by atoms with Crippen LogP contribution in [0.2, 0.25) is 0 Å². The summed E-state index contributed by atoms with van der Waals surface area (Å²) in [6, 6.07) is 8.15. The molecule has 6 heteroatoms. The number of methoxy groups -OCH3 is 1. The van der Waals surface area contributed by atoms with Gasteiger partial charge in [0.2, 0.25) is 0 Å². The Morgan fingerprint density at radius 2 is 2.17 bits per heavy atom. The van der Waals surface area contributed by atoms with Crippen LogP contribution in [-0.4, -0.2) is 40.8 Å². The average Bonchev–Trinajstić information content (AvgIpc) is 3.19. The zero-order valence-electron chi connectivity index (χ0n) is 14.0. The van der Waals surface area contributed by atoms with Gasteiger partial charge in [0.05, 0.1) is 19.2 Å². The summed E-state index contributed by atoms with van der Waals surface area (Å²) in [7, 11) is 1.63. The second kappa shape index (κ2) is 7.13. The molecule has 1 aromatic heterocycles. The molecule has 0 spiro atoms. The van der Waals surface area contributed by atoms with E-state index in [1.807, 2.05) is 6.07 Å². The van der Waals surface area contributed by atoms with Gasteiger partial charge < -0.3 is 9.64 Å². The van der Waals surface area contributed by atoms with Gasteiger partial charge in [-0.15, -0.1) is 0 Å². The van der Waals surface area contributed by atoms with Gasteiger partial charge in [0.15, 0.2) is 0 Å². The Hall–Kier alpha value is -2.21. The van der Waals surface area contributed by atoms with E-state index in [0.717, 1.165) is 6.42 Å². The first-order chi connectivity index (χ1) is 11.6. The van der Waals surface area contributed by atoms with Crippen LogP contribution < -0.4 is 0 Å². The second-order valence-corrected chi connectivity index (χ2v) is 6.29. The van der Waals surface area contributed by atoms with Crippen molar-refractivity contribution in [1.29, 1.82) is 0 Å². The molecule has 3 rings (SSSR count). The molecule has 1 aromatic carbocycles. The van der Waals surface area contributed by atoms with Crippen LogP contribution in [0.15, 0.2) is 36.5 Å². The first-order valence-electron chi connectivity index (χ1n) is 8.18. The van der Waals surface area contributed by atoms with E-state index in [1.165, 1.54) is 6.07 Å². The number of aromatic nitrogens is 2. The summed E-state index contributed by atoms with van der Waals surface area (Å²) < 4.78 is 20.9. The molecule has 0 aliphatic carbocycles. The van der Waals surface area contributed by atoms with Crippen molar-refractivity contribution in [3.05, 3.63) is 53.6 Å². The maximum absolute atomic E-state index is 14.2. The van der Waals surface area contributed by atoms with Crippen molar-refractivity contribution >= 4 is 5.91 Å².